The summed E-state index contributed by atoms with van der Waals surface area (Å²) in [5, 5.41) is 3.34. The fourth-order valence-corrected chi connectivity index (χ4v) is 3.39. The summed E-state index contributed by atoms with van der Waals surface area (Å²) < 4.78 is 0. The number of benzene rings is 3. The van der Waals surface area contributed by atoms with Crippen LogP contribution in [0.25, 0.3) is 22.3 Å². The lowest BCUT2D eigenvalue weighted by atomic mass is 9.90. The van der Waals surface area contributed by atoms with Crippen molar-refractivity contribution >= 4 is 5.69 Å². The number of nitrogens with one attached hydrogen (secondary N) is 1. The van der Waals surface area contributed by atoms with Gasteiger partial charge < -0.3 is 5.32 Å². The van der Waals surface area contributed by atoms with Crippen LogP contribution in [-0.2, 0) is 6.42 Å². The maximum absolute atomic E-state index is 4.04. The molecule has 1 aliphatic heterocycles. The first-order valence-electron chi connectivity index (χ1n) is 7.95. The average Bonchev–Trinajstić information content (AvgIpc) is 2.94. The van der Waals surface area contributed by atoms with Crippen molar-refractivity contribution in [1.29, 1.82) is 0 Å². The Balaban J connectivity index is 1.90. The standard InChI is InChI=1S/C22H19N/c1-15-7-6-10-20(17-8-4-3-5-9-17)22(15)18-11-12-21-19(14-18)13-16(2)23-21/h3-12,14,23H,2,13H2,1H3. The first-order chi connectivity index (χ1) is 11.2. The van der Waals surface area contributed by atoms with Crippen molar-refractivity contribution < 1.29 is 0 Å². The highest BCUT2D eigenvalue weighted by atomic mass is 14.9. The van der Waals surface area contributed by atoms with Gasteiger partial charge in [-0.1, -0.05) is 61.2 Å². The van der Waals surface area contributed by atoms with E-state index in [4.69, 9.17) is 0 Å². The first-order valence-corrected chi connectivity index (χ1v) is 7.95. The van der Waals surface area contributed by atoms with E-state index in [1.807, 2.05) is 0 Å². The van der Waals surface area contributed by atoms with Crippen molar-refractivity contribution in [3.8, 4) is 22.3 Å². The van der Waals surface area contributed by atoms with Crippen LogP contribution in [0.5, 0.6) is 0 Å². The first kappa shape index (κ1) is 13.8. The van der Waals surface area contributed by atoms with E-state index in [2.05, 4.69) is 85.5 Å². The van der Waals surface area contributed by atoms with Crippen LogP contribution in [0.4, 0.5) is 5.69 Å². The second kappa shape index (κ2) is 5.44. The highest BCUT2D eigenvalue weighted by Crippen LogP contribution is 2.38. The van der Waals surface area contributed by atoms with Gasteiger partial charge in [-0.3, -0.25) is 0 Å². The summed E-state index contributed by atoms with van der Waals surface area (Å²) in [6.07, 6.45) is 0.912. The van der Waals surface area contributed by atoms with Crippen molar-refractivity contribution in [3.05, 3.63) is 90.1 Å². The van der Waals surface area contributed by atoms with Gasteiger partial charge in [0.25, 0.3) is 0 Å². The van der Waals surface area contributed by atoms with E-state index in [1.165, 1.54) is 39.1 Å². The smallest absolute Gasteiger partial charge is 0.0418 e. The van der Waals surface area contributed by atoms with Gasteiger partial charge >= 0.3 is 0 Å². The van der Waals surface area contributed by atoms with Gasteiger partial charge in [-0.15, -0.1) is 0 Å². The highest BCUT2D eigenvalue weighted by Gasteiger charge is 2.16. The second-order valence-electron chi connectivity index (χ2n) is 6.14. The molecule has 0 bridgehead atoms. The molecule has 23 heavy (non-hydrogen) atoms. The topological polar surface area (TPSA) is 12.0 Å². The molecule has 0 atom stereocenters. The average molecular weight is 297 g/mol. The number of rotatable bonds is 2. The predicted molar refractivity (Wildman–Crippen MR) is 98.5 cm³/mol. The van der Waals surface area contributed by atoms with E-state index in [9.17, 15) is 0 Å². The number of allylic oxidation sites excluding steroid dienone is 1. The number of hydrogen-bond donors (Lipinski definition) is 1. The Labute approximate surface area is 137 Å². The molecule has 0 aliphatic carbocycles. The molecule has 1 nitrogen and oxygen atoms in total. The Bertz CT molecular complexity index is 891. The summed E-state index contributed by atoms with van der Waals surface area (Å²) in [6, 6.07) is 23.8. The SMILES string of the molecule is C=C1Cc2cc(-c3c(C)cccc3-c3ccccc3)ccc2N1. The van der Waals surface area contributed by atoms with Crippen LogP contribution in [0.2, 0.25) is 0 Å². The summed E-state index contributed by atoms with van der Waals surface area (Å²) in [4.78, 5) is 0. The molecule has 0 radical (unpaired) electrons. The van der Waals surface area contributed by atoms with E-state index in [-0.39, 0.29) is 0 Å². The summed E-state index contributed by atoms with van der Waals surface area (Å²) in [6.45, 7) is 6.23. The monoisotopic (exact) mass is 297 g/mol. The zero-order valence-corrected chi connectivity index (χ0v) is 13.3. The lowest BCUT2D eigenvalue weighted by Gasteiger charge is -2.14. The van der Waals surface area contributed by atoms with Crippen molar-refractivity contribution in [1.82, 2.24) is 0 Å². The minimum absolute atomic E-state index is 0.912. The van der Waals surface area contributed by atoms with Gasteiger partial charge in [0.15, 0.2) is 0 Å². The highest BCUT2D eigenvalue weighted by molar-refractivity contribution is 5.87. The van der Waals surface area contributed by atoms with E-state index in [1.54, 1.807) is 0 Å². The quantitative estimate of drug-likeness (QED) is 0.629. The summed E-state index contributed by atoms with van der Waals surface area (Å²) in [7, 11) is 0. The van der Waals surface area contributed by atoms with Crippen LogP contribution in [0.1, 0.15) is 11.1 Å². The Hall–Kier alpha value is -2.80. The van der Waals surface area contributed by atoms with Crippen molar-refractivity contribution in [3.63, 3.8) is 0 Å². The molecule has 0 saturated carbocycles. The molecule has 0 aromatic heterocycles. The van der Waals surface area contributed by atoms with Crippen molar-refractivity contribution in [2.24, 2.45) is 0 Å². The maximum Gasteiger partial charge on any atom is 0.0418 e. The zero-order valence-electron chi connectivity index (χ0n) is 13.3. The Kier molecular flexibility index (Phi) is 3.27. The third-order valence-electron chi connectivity index (χ3n) is 4.47. The van der Waals surface area contributed by atoms with Gasteiger partial charge in [0, 0.05) is 17.8 Å². The van der Waals surface area contributed by atoms with Gasteiger partial charge in [0.05, 0.1) is 0 Å². The van der Waals surface area contributed by atoms with E-state index < -0.39 is 0 Å². The third-order valence-corrected chi connectivity index (χ3v) is 4.47. The Morgan fingerprint density at radius 1 is 0.870 bits per heavy atom. The predicted octanol–water partition coefficient (Wildman–Crippen LogP) is 5.81. The Morgan fingerprint density at radius 2 is 1.70 bits per heavy atom. The number of hydrogen-bond acceptors (Lipinski definition) is 1. The van der Waals surface area contributed by atoms with Crippen LogP contribution in [-0.4, -0.2) is 0 Å². The zero-order chi connectivity index (χ0) is 15.8. The van der Waals surface area contributed by atoms with Crippen LogP contribution >= 0.6 is 0 Å². The molecular weight excluding hydrogens is 278 g/mol. The maximum atomic E-state index is 4.04. The van der Waals surface area contributed by atoms with Crippen LogP contribution in [0.3, 0.4) is 0 Å². The normalized spacial score (nSPS) is 12.8. The van der Waals surface area contributed by atoms with Crippen molar-refractivity contribution in [2.45, 2.75) is 13.3 Å². The molecule has 3 aromatic carbocycles. The molecule has 0 spiro atoms. The van der Waals surface area contributed by atoms with Crippen molar-refractivity contribution in [2.75, 3.05) is 5.32 Å². The lowest BCUT2D eigenvalue weighted by molar-refractivity contribution is 1.26. The molecular formula is C22H19N. The van der Waals surface area contributed by atoms with E-state index in [0.717, 1.165) is 12.1 Å². The van der Waals surface area contributed by atoms with Gasteiger partial charge in [-0.25, -0.2) is 0 Å². The van der Waals surface area contributed by atoms with Crippen LogP contribution < -0.4 is 5.32 Å². The van der Waals surface area contributed by atoms with Gasteiger partial charge in [0.1, 0.15) is 0 Å². The molecule has 1 heterocycles. The molecule has 112 valence electrons. The van der Waals surface area contributed by atoms with E-state index >= 15 is 0 Å². The van der Waals surface area contributed by atoms with Gasteiger partial charge in [-0.05, 0) is 52.4 Å². The molecule has 0 amide bonds. The Morgan fingerprint density at radius 3 is 2.52 bits per heavy atom. The van der Waals surface area contributed by atoms with E-state index in [0.29, 0.717) is 0 Å². The fourth-order valence-electron chi connectivity index (χ4n) is 3.39. The minimum atomic E-state index is 0.912. The largest absolute Gasteiger partial charge is 0.359 e. The molecule has 1 aliphatic rings. The lowest BCUT2D eigenvalue weighted by Crippen LogP contribution is -1.90. The molecule has 1 N–H and O–H groups in total. The molecule has 1 heteroatoms. The summed E-state index contributed by atoms with van der Waals surface area (Å²) >= 11 is 0. The molecule has 3 aromatic rings. The molecule has 0 unspecified atom stereocenters. The van der Waals surface area contributed by atoms with Crippen LogP contribution in [0, 0.1) is 6.92 Å². The van der Waals surface area contributed by atoms with Crippen LogP contribution in [0.15, 0.2) is 79.0 Å². The minimum Gasteiger partial charge on any atom is -0.359 e. The number of fused-ring (bicyclic) bond motifs is 1. The summed E-state index contributed by atoms with van der Waals surface area (Å²) in [5.74, 6) is 0. The number of aryl methyl sites for hydroxylation is 1. The number of anilines is 1. The second-order valence-corrected chi connectivity index (χ2v) is 6.14. The molecule has 0 fully saturated rings. The van der Waals surface area contributed by atoms with Gasteiger partial charge in [0.2, 0.25) is 0 Å². The molecule has 4 rings (SSSR count). The fraction of sp³-hybridized carbons (Fsp3) is 0.0909. The molecule has 0 saturated heterocycles. The third kappa shape index (κ3) is 2.44. The van der Waals surface area contributed by atoms with Gasteiger partial charge in [-0.2, -0.15) is 0 Å². The summed E-state index contributed by atoms with van der Waals surface area (Å²) in [5.41, 5.74) is 10.0.